The fraction of sp³-hybridized carbons (Fsp3) is 0.500. The van der Waals surface area contributed by atoms with Crippen LogP contribution in [-0.4, -0.2) is 12.0 Å². The maximum atomic E-state index is 11.6. The predicted molar refractivity (Wildman–Crippen MR) is 70.3 cm³/mol. The molecule has 0 atom stereocenters. The third kappa shape index (κ3) is 5.38. The Kier molecular flexibility index (Phi) is 5.01. The van der Waals surface area contributed by atoms with E-state index in [2.05, 4.69) is 5.32 Å². The van der Waals surface area contributed by atoms with Crippen molar-refractivity contribution in [2.75, 3.05) is 5.32 Å². The molecule has 0 aliphatic heterocycles. The van der Waals surface area contributed by atoms with E-state index in [0.29, 0.717) is 12.3 Å². The summed E-state index contributed by atoms with van der Waals surface area (Å²) in [5, 5.41) is 2.87. The van der Waals surface area contributed by atoms with Crippen LogP contribution in [-0.2, 0) is 4.79 Å². The van der Waals surface area contributed by atoms with Crippen LogP contribution in [0.5, 0.6) is 5.75 Å². The third-order valence-corrected chi connectivity index (χ3v) is 2.08. The van der Waals surface area contributed by atoms with Gasteiger partial charge in [0.1, 0.15) is 5.75 Å². The van der Waals surface area contributed by atoms with Crippen molar-refractivity contribution >= 4 is 11.6 Å². The lowest BCUT2D eigenvalue weighted by molar-refractivity contribution is -0.116. The molecule has 0 fully saturated rings. The van der Waals surface area contributed by atoms with Crippen LogP contribution in [0.1, 0.15) is 34.1 Å². The Morgan fingerprint density at radius 1 is 1.29 bits per heavy atom. The largest absolute Gasteiger partial charge is 0.491 e. The van der Waals surface area contributed by atoms with Gasteiger partial charge < -0.3 is 10.1 Å². The Balaban J connectivity index is 2.62. The molecular formula is C14H21NO2. The highest BCUT2D eigenvalue weighted by atomic mass is 16.5. The summed E-state index contributed by atoms with van der Waals surface area (Å²) in [5.41, 5.74) is 0.786. The normalized spacial score (nSPS) is 10.7. The van der Waals surface area contributed by atoms with Crippen molar-refractivity contribution in [2.24, 2.45) is 5.92 Å². The van der Waals surface area contributed by atoms with Gasteiger partial charge in [-0.2, -0.15) is 0 Å². The zero-order valence-electron chi connectivity index (χ0n) is 11.0. The van der Waals surface area contributed by atoms with Gasteiger partial charge in [0.05, 0.1) is 6.10 Å². The second-order valence-electron chi connectivity index (χ2n) is 4.84. The molecule has 0 bridgehead atoms. The number of hydrogen-bond acceptors (Lipinski definition) is 2. The molecule has 1 aromatic carbocycles. The Hall–Kier alpha value is -1.51. The Labute approximate surface area is 103 Å². The van der Waals surface area contributed by atoms with Gasteiger partial charge in [-0.25, -0.2) is 0 Å². The summed E-state index contributed by atoms with van der Waals surface area (Å²) in [6, 6.07) is 7.48. The van der Waals surface area contributed by atoms with Gasteiger partial charge in [-0.15, -0.1) is 0 Å². The van der Waals surface area contributed by atoms with Gasteiger partial charge in [0.25, 0.3) is 0 Å². The average Bonchev–Trinajstić information content (AvgIpc) is 2.14. The van der Waals surface area contributed by atoms with E-state index in [1.165, 1.54) is 0 Å². The maximum Gasteiger partial charge on any atom is 0.224 e. The molecule has 0 unspecified atom stereocenters. The van der Waals surface area contributed by atoms with E-state index < -0.39 is 0 Å². The quantitative estimate of drug-likeness (QED) is 0.848. The van der Waals surface area contributed by atoms with Gasteiger partial charge in [-0.3, -0.25) is 4.79 Å². The van der Waals surface area contributed by atoms with Gasteiger partial charge in [-0.1, -0.05) is 19.9 Å². The lowest BCUT2D eigenvalue weighted by Crippen LogP contribution is -2.14. The number of carbonyl (C=O) groups is 1. The molecule has 0 aliphatic carbocycles. The first-order chi connectivity index (χ1) is 7.97. The lowest BCUT2D eigenvalue weighted by atomic mass is 10.1. The van der Waals surface area contributed by atoms with Gasteiger partial charge in [-0.05, 0) is 31.9 Å². The van der Waals surface area contributed by atoms with Crippen LogP contribution in [0.3, 0.4) is 0 Å². The molecule has 0 saturated carbocycles. The van der Waals surface area contributed by atoms with E-state index in [-0.39, 0.29) is 12.0 Å². The zero-order valence-corrected chi connectivity index (χ0v) is 11.0. The van der Waals surface area contributed by atoms with Gasteiger partial charge in [0, 0.05) is 18.2 Å². The number of nitrogens with one attached hydrogen (secondary N) is 1. The first-order valence-electron chi connectivity index (χ1n) is 6.04. The van der Waals surface area contributed by atoms with Gasteiger partial charge in [0.15, 0.2) is 0 Å². The van der Waals surface area contributed by atoms with E-state index in [1.807, 2.05) is 52.0 Å². The highest BCUT2D eigenvalue weighted by molar-refractivity contribution is 5.90. The number of benzene rings is 1. The van der Waals surface area contributed by atoms with Crippen molar-refractivity contribution in [1.29, 1.82) is 0 Å². The van der Waals surface area contributed by atoms with E-state index in [1.54, 1.807) is 0 Å². The summed E-state index contributed by atoms with van der Waals surface area (Å²) in [4.78, 5) is 11.6. The molecule has 0 heterocycles. The molecular weight excluding hydrogens is 214 g/mol. The van der Waals surface area contributed by atoms with E-state index >= 15 is 0 Å². The van der Waals surface area contributed by atoms with E-state index in [9.17, 15) is 4.79 Å². The monoisotopic (exact) mass is 235 g/mol. The van der Waals surface area contributed by atoms with E-state index in [0.717, 1.165) is 11.4 Å². The summed E-state index contributed by atoms with van der Waals surface area (Å²) in [6.45, 7) is 8.00. The molecule has 0 spiro atoms. The van der Waals surface area contributed by atoms with Gasteiger partial charge >= 0.3 is 0 Å². The molecule has 3 nitrogen and oxygen atoms in total. The summed E-state index contributed by atoms with van der Waals surface area (Å²) >= 11 is 0. The van der Waals surface area contributed by atoms with Crippen molar-refractivity contribution in [2.45, 2.75) is 40.2 Å². The highest BCUT2D eigenvalue weighted by Crippen LogP contribution is 2.19. The highest BCUT2D eigenvalue weighted by Gasteiger charge is 2.06. The first kappa shape index (κ1) is 13.6. The smallest absolute Gasteiger partial charge is 0.224 e. The van der Waals surface area contributed by atoms with Crippen molar-refractivity contribution in [1.82, 2.24) is 0 Å². The second kappa shape index (κ2) is 6.28. The Morgan fingerprint density at radius 3 is 2.59 bits per heavy atom. The Bertz CT molecular complexity index is 372. The second-order valence-corrected chi connectivity index (χ2v) is 4.84. The SMILES string of the molecule is CC(C)CC(=O)Nc1cccc(OC(C)C)c1. The predicted octanol–water partition coefficient (Wildman–Crippen LogP) is 3.46. The van der Waals surface area contributed by atoms with Crippen molar-refractivity contribution in [3.63, 3.8) is 0 Å². The standard InChI is InChI=1S/C14H21NO2/c1-10(2)8-14(16)15-12-6-5-7-13(9-12)17-11(3)4/h5-7,9-11H,8H2,1-4H3,(H,15,16). The fourth-order valence-corrected chi connectivity index (χ4v) is 1.50. The molecule has 17 heavy (non-hydrogen) atoms. The number of amides is 1. The molecule has 0 aromatic heterocycles. The summed E-state index contributed by atoms with van der Waals surface area (Å²) in [5.74, 6) is 1.19. The average molecular weight is 235 g/mol. The summed E-state index contributed by atoms with van der Waals surface area (Å²) < 4.78 is 5.57. The molecule has 0 radical (unpaired) electrons. The molecule has 1 rings (SSSR count). The van der Waals surface area contributed by atoms with Crippen LogP contribution >= 0.6 is 0 Å². The van der Waals surface area contributed by atoms with Crippen LogP contribution in [0.4, 0.5) is 5.69 Å². The van der Waals surface area contributed by atoms with E-state index in [4.69, 9.17) is 4.74 Å². The van der Waals surface area contributed by atoms with Crippen molar-refractivity contribution in [3.8, 4) is 5.75 Å². The zero-order chi connectivity index (χ0) is 12.8. The third-order valence-electron chi connectivity index (χ3n) is 2.08. The van der Waals surface area contributed by atoms with Crippen LogP contribution in [0.15, 0.2) is 24.3 Å². The summed E-state index contributed by atoms with van der Waals surface area (Å²) in [7, 11) is 0. The number of anilines is 1. The topological polar surface area (TPSA) is 38.3 Å². The maximum absolute atomic E-state index is 11.6. The molecule has 0 saturated heterocycles. The lowest BCUT2D eigenvalue weighted by Gasteiger charge is -2.12. The Morgan fingerprint density at radius 2 is 2.00 bits per heavy atom. The summed E-state index contributed by atoms with van der Waals surface area (Å²) in [6.07, 6.45) is 0.673. The molecule has 0 aliphatic rings. The minimum atomic E-state index is 0.0432. The number of ether oxygens (including phenoxy) is 1. The fourth-order valence-electron chi connectivity index (χ4n) is 1.50. The van der Waals surface area contributed by atoms with Gasteiger partial charge in [0.2, 0.25) is 5.91 Å². The van der Waals surface area contributed by atoms with Crippen molar-refractivity contribution < 1.29 is 9.53 Å². The minimum Gasteiger partial charge on any atom is -0.491 e. The van der Waals surface area contributed by atoms with Crippen LogP contribution in [0.25, 0.3) is 0 Å². The first-order valence-corrected chi connectivity index (χ1v) is 6.04. The van der Waals surface area contributed by atoms with Crippen LogP contribution < -0.4 is 10.1 Å². The minimum absolute atomic E-state index is 0.0432. The molecule has 3 heteroatoms. The number of hydrogen-bond donors (Lipinski definition) is 1. The molecule has 1 N–H and O–H groups in total. The van der Waals surface area contributed by atoms with Crippen LogP contribution in [0, 0.1) is 5.92 Å². The number of carbonyl (C=O) groups excluding carboxylic acids is 1. The van der Waals surface area contributed by atoms with Crippen LogP contribution in [0.2, 0.25) is 0 Å². The van der Waals surface area contributed by atoms with Crippen molar-refractivity contribution in [3.05, 3.63) is 24.3 Å². The molecule has 1 aromatic rings. The molecule has 94 valence electrons. The molecule has 1 amide bonds. The number of rotatable bonds is 5.